The first kappa shape index (κ1) is 18.6. The quantitative estimate of drug-likeness (QED) is 0.324. The number of non-ortho nitro benzene ring substituents is 1. The molecule has 8 heteroatoms. The summed E-state index contributed by atoms with van der Waals surface area (Å²) in [5, 5.41) is 14.8. The van der Waals surface area contributed by atoms with Crippen molar-refractivity contribution in [3.63, 3.8) is 0 Å². The van der Waals surface area contributed by atoms with E-state index in [9.17, 15) is 10.1 Å². The molecule has 0 aliphatic rings. The Kier molecular flexibility index (Phi) is 5.44. The summed E-state index contributed by atoms with van der Waals surface area (Å²) in [6, 6.07) is 19.9. The fourth-order valence-electron chi connectivity index (χ4n) is 2.99. The van der Waals surface area contributed by atoms with Crippen LogP contribution in [0.1, 0.15) is 17.2 Å². The SMILES string of the molecule is O=[N+]([O-])c1ccc(-c2noc(CN(Cc3ccccc3)Cc3ccco3)n2)cc1. The highest BCUT2D eigenvalue weighted by Crippen LogP contribution is 2.21. The van der Waals surface area contributed by atoms with Crippen LogP contribution in [-0.2, 0) is 19.6 Å². The third-order valence-corrected chi connectivity index (χ3v) is 4.37. The largest absolute Gasteiger partial charge is 0.468 e. The van der Waals surface area contributed by atoms with Gasteiger partial charge in [0.25, 0.3) is 5.69 Å². The van der Waals surface area contributed by atoms with Gasteiger partial charge in [0.15, 0.2) is 0 Å². The van der Waals surface area contributed by atoms with E-state index >= 15 is 0 Å². The molecule has 2 aromatic heterocycles. The minimum atomic E-state index is -0.443. The van der Waals surface area contributed by atoms with Gasteiger partial charge in [-0.05, 0) is 29.8 Å². The lowest BCUT2D eigenvalue weighted by Crippen LogP contribution is -2.22. The summed E-state index contributed by atoms with van der Waals surface area (Å²) >= 11 is 0. The maximum absolute atomic E-state index is 10.8. The number of hydrogen-bond acceptors (Lipinski definition) is 7. The smallest absolute Gasteiger partial charge is 0.269 e. The molecular weight excluding hydrogens is 372 g/mol. The maximum Gasteiger partial charge on any atom is 0.269 e. The number of furan rings is 1. The lowest BCUT2D eigenvalue weighted by molar-refractivity contribution is -0.384. The fraction of sp³-hybridized carbons (Fsp3) is 0.143. The van der Waals surface area contributed by atoms with Crippen LogP contribution in [0.2, 0.25) is 0 Å². The average molecular weight is 390 g/mol. The summed E-state index contributed by atoms with van der Waals surface area (Å²) in [5.41, 5.74) is 1.84. The van der Waals surface area contributed by atoms with Crippen LogP contribution in [-0.4, -0.2) is 20.0 Å². The second-order valence-electron chi connectivity index (χ2n) is 6.53. The zero-order valence-corrected chi connectivity index (χ0v) is 15.5. The van der Waals surface area contributed by atoms with Crippen molar-refractivity contribution < 1.29 is 13.9 Å². The van der Waals surface area contributed by atoms with Crippen molar-refractivity contribution in [3.8, 4) is 11.4 Å². The Morgan fingerprint density at radius 1 is 0.931 bits per heavy atom. The van der Waals surface area contributed by atoms with Gasteiger partial charge in [-0.2, -0.15) is 4.98 Å². The van der Waals surface area contributed by atoms with Gasteiger partial charge in [-0.15, -0.1) is 0 Å². The number of hydrogen-bond donors (Lipinski definition) is 0. The van der Waals surface area contributed by atoms with Gasteiger partial charge in [0, 0.05) is 24.2 Å². The van der Waals surface area contributed by atoms with E-state index in [4.69, 9.17) is 8.94 Å². The van der Waals surface area contributed by atoms with Crippen LogP contribution in [0.4, 0.5) is 5.69 Å². The highest BCUT2D eigenvalue weighted by Gasteiger charge is 2.16. The highest BCUT2D eigenvalue weighted by molar-refractivity contribution is 5.56. The molecule has 0 fully saturated rings. The number of nitrogens with zero attached hydrogens (tertiary/aromatic N) is 4. The molecule has 0 amide bonds. The summed E-state index contributed by atoms with van der Waals surface area (Å²) in [6.07, 6.45) is 1.65. The number of nitro groups is 1. The van der Waals surface area contributed by atoms with Crippen LogP contribution >= 0.6 is 0 Å². The maximum atomic E-state index is 10.8. The van der Waals surface area contributed by atoms with Gasteiger partial charge in [0.2, 0.25) is 11.7 Å². The first-order chi connectivity index (χ1) is 14.2. The molecule has 29 heavy (non-hydrogen) atoms. The minimum absolute atomic E-state index is 0.0185. The monoisotopic (exact) mass is 390 g/mol. The zero-order valence-electron chi connectivity index (χ0n) is 15.5. The third-order valence-electron chi connectivity index (χ3n) is 4.37. The topological polar surface area (TPSA) is 98.4 Å². The van der Waals surface area contributed by atoms with E-state index < -0.39 is 4.92 Å². The minimum Gasteiger partial charge on any atom is -0.468 e. The Morgan fingerprint density at radius 2 is 1.72 bits per heavy atom. The van der Waals surface area contributed by atoms with Crippen molar-refractivity contribution in [1.82, 2.24) is 15.0 Å². The van der Waals surface area contributed by atoms with E-state index in [0.29, 0.717) is 36.9 Å². The van der Waals surface area contributed by atoms with Crippen LogP contribution in [0.25, 0.3) is 11.4 Å². The molecule has 4 rings (SSSR count). The van der Waals surface area contributed by atoms with Crippen LogP contribution in [0, 0.1) is 10.1 Å². The fourth-order valence-corrected chi connectivity index (χ4v) is 2.99. The number of nitro benzene ring substituents is 1. The van der Waals surface area contributed by atoms with E-state index in [2.05, 4.69) is 27.2 Å². The van der Waals surface area contributed by atoms with Crippen molar-refractivity contribution in [1.29, 1.82) is 0 Å². The zero-order chi connectivity index (χ0) is 20.1. The Labute approximate surface area is 166 Å². The molecule has 2 aromatic carbocycles. The van der Waals surface area contributed by atoms with Crippen molar-refractivity contribution in [2.45, 2.75) is 19.6 Å². The van der Waals surface area contributed by atoms with Gasteiger partial charge in [0.05, 0.1) is 24.3 Å². The van der Waals surface area contributed by atoms with Gasteiger partial charge in [0.1, 0.15) is 5.76 Å². The molecule has 0 spiro atoms. The van der Waals surface area contributed by atoms with Crippen LogP contribution in [0.5, 0.6) is 0 Å². The molecule has 0 unspecified atom stereocenters. The van der Waals surface area contributed by atoms with E-state index in [1.165, 1.54) is 12.1 Å². The molecule has 0 bridgehead atoms. The van der Waals surface area contributed by atoms with E-state index in [0.717, 1.165) is 11.3 Å². The lowest BCUT2D eigenvalue weighted by Gasteiger charge is -2.19. The average Bonchev–Trinajstić information content (AvgIpc) is 3.41. The van der Waals surface area contributed by atoms with Crippen molar-refractivity contribution in [2.75, 3.05) is 0 Å². The first-order valence-corrected chi connectivity index (χ1v) is 9.03. The molecule has 2 heterocycles. The van der Waals surface area contributed by atoms with Gasteiger partial charge in [-0.1, -0.05) is 35.5 Å². The number of aromatic nitrogens is 2. The van der Waals surface area contributed by atoms with Crippen molar-refractivity contribution in [2.24, 2.45) is 0 Å². The Hall–Kier alpha value is -3.78. The Balaban J connectivity index is 1.50. The second-order valence-corrected chi connectivity index (χ2v) is 6.53. The molecule has 0 aliphatic carbocycles. The molecule has 0 saturated carbocycles. The van der Waals surface area contributed by atoms with Crippen LogP contribution in [0.15, 0.2) is 81.9 Å². The summed E-state index contributed by atoms with van der Waals surface area (Å²) in [6.45, 7) is 1.73. The van der Waals surface area contributed by atoms with Gasteiger partial charge >= 0.3 is 0 Å². The normalized spacial score (nSPS) is 11.1. The standard InChI is InChI=1S/C21H18N4O4/c26-25(27)18-10-8-17(9-11-18)21-22-20(29-23-21)15-24(14-19-7-4-12-28-19)13-16-5-2-1-3-6-16/h1-12H,13-15H2. The predicted molar refractivity (Wildman–Crippen MR) is 104 cm³/mol. The van der Waals surface area contributed by atoms with Crippen molar-refractivity contribution >= 4 is 5.69 Å². The van der Waals surface area contributed by atoms with Gasteiger partial charge < -0.3 is 8.94 Å². The molecule has 0 N–H and O–H groups in total. The molecule has 4 aromatic rings. The first-order valence-electron chi connectivity index (χ1n) is 9.03. The lowest BCUT2D eigenvalue weighted by atomic mass is 10.2. The molecule has 146 valence electrons. The van der Waals surface area contributed by atoms with Gasteiger partial charge in [-0.25, -0.2) is 0 Å². The van der Waals surface area contributed by atoms with Crippen LogP contribution in [0.3, 0.4) is 0 Å². The summed E-state index contributed by atoms with van der Waals surface area (Å²) in [4.78, 5) is 16.9. The number of benzene rings is 2. The highest BCUT2D eigenvalue weighted by atomic mass is 16.6. The van der Waals surface area contributed by atoms with Gasteiger partial charge in [-0.3, -0.25) is 15.0 Å². The molecule has 0 radical (unpaired) electrons. The second kappa shape index (κ2) is 8.49. The Morgan fingerprint density at radius 3 is 2.41 bits per heavy atom. The molecule has 0 atom stereocenters. The van der Waals surface area contributed by atoms with E-state index in [1.54, 1.807) is 18.4 Å². The van der Waals surface area contributed by atoms with Crippen LogP contribution < -0.4 is 0 Å². The summed E-state index contributed by atoms with van der Waals surface area (Å²) in [7, 11) is 0. The molecular formula is C21H18N4O4. The van der Waals surface area contributed by atoms with Crippen molar-refractivity contribution in [3.05, 3.63) is 100 Å². The predicted octanol–water partition coefficient (Wildman–Crippen LogP) is 4.44. The summed E-state index contributed by atoms with van der Waals surface area (Å²) < 4.78 is 10.9. The number of rotatable bonds is 8. The molecule has 0 aliphatic heterocycles. The third kappa shape index (κ3) is 4.74. The Bertz CT molecular complexity index is 1060. The van der Waals surface area contributed by atoms with E-state index in [-0.39, 0.29) is 5.69 Å². The summed E-state index contributed by atoms with van der Waals surface area (Å²) in [5.74, 6) is 1.70. The van der Waals surface area contributed by atoms with E-state index in [1.807, 2.05) is 30.3 Å². The molecule has 8 nitrogen and oxygen atoms in total. The molecule has 0 saturated heterocycles.